The third kappa shape index (κ3) is 3.92. The summed E-state index contributed by atoms with van der Waals surface area (Å²) in [5.74, 6) is 2.22. The van der Waals surface area contributed by atoms with E-state index in [-0.39, 0.29) is 24.2 Å². The number of anilines is 1. The van der Waals surface area contributed by atoms with Gasteiger partial charge in [-0.3, -0.25) is 4.79 Å². The van der Waals surface area contributed by atoms with Crippen molar-refractivity contribution in [3.05, 3.63) is 65.5 Å². The molecule has 178 valence electrons. The van der Waals surface area contributed by atoms with Gasteiger partial charge in [0.05, 0.1) is 38.9 Å². The molecule has 0 unspecified atom stereocenters. The molecule has 4 aromatic rings. The largest absolute Gasteiger partial charge is 0.497 e. The number of nitrogens with zero attached hydrogens (tertiary/aromatic N) is 5. The van der Waals surface area contributed by atoms with Gasteiger partial charge in [-0.25, -0.2) is 4.98 Å². The first kappa shape index (κ1) is 22.3. The number of methoxy groups -OCH3 is 3. The lowest BCUT2D eigenvalue weighted by Gasteiger charge is -2.26. The smallest absolute Gasteiger partial charge is 0.272 e. The first-order chi connectivity index (χ1) is 17.0. The van der Waals surface area contributed by atoms with Crippen molar-refractivity contribution in [1.82, 2.24) is 25.0 Å². The maximum Gasteiger partial charge on any atom is 0.272 e. The number of carbonyl (C=O) groups excluding carboxylic acids is 1. The molecule has 35 heavy (non-hydrogen) atoms. The summed E-state index contributed by atoms with van der Waals surface area (Å²) in [6.45, 7) is 1.89. The maximum atomic E-state index is 12.8. The van der Waals surface area contributed by atoms with E-state index in [1.165, 1.54) is 4.68 Å². The van der Waals surface area contributed by atoms with Gasteiger partial charge in [0.1, 0.15) is 11.6 Å². The molecule has 1 aliphatic rings. The molecule has 2 aromatic heterocycles. The van der Waals surface area contributed by atoms with Crippen LogP contribution in [0.1, 0.15) is 29.2 Å². The van der Waals surface area contributed by atoms with Crippen molar-refractivity contribution in [2.24, 2.45) is 0 Å². The molecule has 0 fully saturated rings. The number of hydrogen-bond donors (Lipinski definition) is 1. The van der Waals surface area contributed by atoms with Gasteiger partial charge in [0.2, 0.25) is 5.91 Å². The summed E-state index contributed by atoms with van der Waals surface area (Å²) >= 11 is 0. The Morgan fingerprint density at radius 1 is 1.06 bits per heavy atom. The zero-order chi connectivity index (χ0) is 24.5. The molecule has 0 saturated carbocycles. The Bertz CT molecular complexity index is 1420. The van der Waals surface area contributed by atoms with Gasteiger partial charge in [0, 0.05) is 29.0 Å². The Balaban J connectivity index is 1.63. The number of amides is 1. The summed E-state index contributed by atoms with van der Waals surface area (Å²) in [6, 6.07) is 13.2. The number of carbonyl (C=O) groups is 1. The molecule has 2 aromatic carbocycles. The lowest BCUT2D eigenvalue weighted by atomic mass is 9.85. The highest BCUT2D eigenvalue weighted by Crippen LogP contribution is 2.45. The molecule has 0 bridgehead atoms. The van der Waals surface area contributed by atoms with Crippen LogP contribution >= 0.6 is 0 Å². The van der Waals surface area contributed by atoms with Crippen molar-refractivity contribution in [2.75, 3.05) is 26.6 Å². The molecule has 0 aliphatic carbocycles. The zero-order valence-electron chi connectivity index (χ0n) is 19.8. The van der Waals surface area contributed by atoms with E-state index in [0.717, 1.165) is 22.4 Å². The number of para-hydroxylation sites is 1. The minimum absolute atomic E-state index is 0.148. The highest BCUT2D eigenvalue weighted by atomic mass is 16.5. The quantitative estimate of drug-likeness (QED) is 0.453. The third-order valence-corrected chi connectivity index (χ3v) is 6.01. The normalized spacial score (nSPS) is 14.7. The van der Waals surface area contributed by atoms with Crippen LogP contribution in [0.4, 0.5) is 5.82 Å². The molecule has 0 spiro atoms. The molecule has 5 rings (SSSR count). The lowest BCUT2D eigenvalue weighted by Crippen LogP contribution is -2.25. The predicted octanol–water partition coefficient (Wildman–Crippen LogP) is 3.53. The first-order valence-corrected chi connectivity index (χ1v) is 11.0. The van der Waals surface area contributed by atoms with Crippen LogP contribution in [0.15, 0.2) is 48.7 Å². The van der Waals surface area contributed by atoms with E-state index >= 15 is 0 Å². The van der Waals surface area contributed by atoms with Crippen LogP contribution in [0.25, 0.3) is 17.2 Å². The molecule has 1 atom stereocenters. The number of rotatable bonds is 6. The summed E-state index contributed by atoms with van der Waals surface area (Å²) in [4.78, 5) is 17.5. The predicted molar refractivity (Wildman–Crippen MR) is 128 cm³/mol. The molecule has 1 aliphatic heterocycles. The molecule has 10 nitrogen and oxygen atoms in total. The summed E-state index contributed by atoms with van der Waals surface area (Å²) in [5.41, 5.74) is 3.87. The number of fused-ring (bicyclic) bond motifs is 1. The molecule has 10 heteroatoms. The van der Waals surface area contributed by atoms with E-state index in [9.17, 15) is 4.79 Å². The molecular formula is C25H24N6O4. The minimum Gasteiger partial charge on any atom is -0.497 e. The minimum atomic E-state index is -0.285. The lowest BCUT2D eigenvalue weighted by molar-refractivity contribution is -0.116. The molecule has 3 heterocycles. The van der Waals surface area contributed by atoms with Crippen molar-refractivity contribution in [3.63, 3.8) is 0 Å². The van der Waals surface area contributed by atoms with E-state index in [4.69, 9.17) is 14.2 Å². The van der Waals surface area contributed by atoms with Gasteiger partial charge in [-0.05, 0) is 25.1 Å². The second kappa shape index (κ2) is 9.05. The molecule has 1 N–H and O–H groups in total. The van der Waals surface area contributed by atoms with Crippen LogP contribution in [0.2, 0.25) is 0 Å². The number of nitrogens with one attached hydrogen (secondary N) is 1. The number of aryl methyl sites for hydroxylation is 1. The van der Waals surface area contributed by atoms with Crippen LogP contribution in [0.3, 0.4) is 0 Å². The van der Waals surface area contributed by atoms with Crippen LogP contribution < -0.4 is 19.5 Å². The van der Waals surface area contributed by atoms with Gasteiger partial charge >= 0.3 is 0 Å². The highest BCUT2D eigenvalue weighted by Gasteiger charge is 2.35. The van der Waals surface area contributed by atoms with Gasteiger partial charge in [0.15, 0.2) is 11.5 Å². The topological polar surface area (TPSA) is 113 Å². The average molecular weight is 473 g/mol. The van der Waals surface area contributed by atoms with E-state index < -0.39 is 0 Å². The molecule has 1 amide bonds. The fraction of sp³-hybridized carbons (Fsp3) is 0.240. The van der Waals surface area contributed by atoms with Gasteiger partial charge in [-0.2, -0.15) is 14.9 Å². The van der Waals surface area contributed by atoms with E-state index in [1.54, 1.807) is 27.5 Å². The number of benzene rings is 2. The van der Waals surface area contributed by atoms with Crippen molar-refractivity contribution in [3.8, 4) is 34.5 Å². The third-order valence-electron chi connectivity index (χ3n) is 6.01. The van der Waals surface area contributed by atoms with Crippen LogP contribution in [-0.2, 0) is 4.79 Å². The summed E-state index contributed by atoms with van der Waals surface area (Å²) < 4.78 is 18.0. The molecule has 0 radical (unpaired) electrons. The fourth-order valence-corrected chi connectivity index (χ4v) is 4.45. The van der Waals surface area contributed by atoms with Crippen molar-refractivity contribution in [1.29, 1.82) is 0 Å². The molecule has 0 saturated heterocycles. The number of hydrogen-bond acceptors (Lipinski definition) is 8. The van der Waals surface area contributed by atoms with Crippen LogP contribution in [0, 0.1) is 6.92 Å². The fourth-order valence-electron chi connectivity index (χ4n) is 4.45. The first-order valence-electron chi connectivity index (χ1n) is 11.0. The van der Waals surface area contributed by atoms with Gasteiger partial charge in [-0.1, -0.05) is 24.3 Å². The van der Waals surface area contributed by atoms with Crippen LogP contribution in [0.5, 0.6) is 17.2 Å². The molecular weight excluding hydrogens is 448 g/mol. The average Bonchev–Trinajstić information content (AvgIpc) is 3.23. The SMILES string of the molecule is COc1cccc(-c2cnnc(-n3nc(C)c4c3NC(=O)C[C@@H]4c3cccc(OC)c3OC)n2)c1. The maximum absolute atomic E-state index is 12.8. The Hall–Kier alpha value is -4.47. The summed E-state index contributed by atoms with van der Waals surface area (Å²) in [6.07, 6.45) is 1.82. The van der Waals surface area contributed by atoms with Crippen molar-refractivity contribution >= 4 is 11.7 Å². The number of ether oxygens (including phenoxy) is 3. The van der Waals surface area contributed by atoms with Crippen molar-refractivity contribution < 1.29 is 19.0 Å². The van der Waals surface area contributed by atoms with Gasteiger partial charge in [0.25, 0.3) is 5.95 Å². The van der Waals surface area contributed by atoms with E-state index in [0.29, 0.717) is 28.8 Å². The summed E-state index contributed by atoms with van der Waals surface area (Å²) in [5, 5.41) is 16.0. The number of aromatic nitrogens is 5. The second-order valence-corrected chi connectivity index (χ2v) is 8.02. The van der Waals surface area contributed by atoms with E-state index in [2.05, 4.69) is 25.6 Å². The standard InChI is InChI=1S/C25H24N6O4/c1-14-22-18(17-9-6-10-20(34-3)23(17)35-4)12-21(32)28-24(22)31(30-14)25-27-19(13-26-29-25)15-7-5-8-16(11-15)33-2/h5-11,13,18H,12H2,1-4H3,(H,28,32)/t18-/m1/s1. The van der Waals surface area contributed by atoms with E-state index in [1.807, 2.05) is 49.4 Å². The second-order valence-electron chi connectivity index (χ2n) is 8.02. The van der Waals surface area contributed by atoms with Gasteiger partial charge in [-0.15, -0.1) is 5.10 Å². The van der Waals surface area contributed by atoms with Crippen molar-refractivity contribution in [2.45, 2.75) is 19.3 Å². The zero-order valence-corrected chi connectivity index (χ0v) is 19.8. The Morgan fingerprint density at radius 2 is 1.89 bits per heavy atom. The monoisotopic (exact) mass is 472 g/mol. The Morgan fingerprint density at radius 3 is 2.66 bits per heavy atom. The highest BCUT2D eigenvalue weighted by molar-refractivity contribution is 5.95. The Kier molecular flexibility index (Phi) is 5.77. The Labute approximate surface area is 201 Å². The summed E-state index contributed by atoms with van der Waals surface area (Å²) in [7, 11) is 4.78. The van der Waals surface area contributed by atoms with Gasteiger partial charge < -0.3 is 19.5 Å². The van der Waals surface area contributed by atoms with Crippen LogP contribution in [-0.4, -0.2) is 52.2 Å².